The Bertz CT molecular complexity index is 354. The van der Waals surface area contributed by atoms with Gasteiger partial charge in [-0.05, 0) is 43.4 Å². The number of hydrogen-bond donors (Lipinski definition) is 2. The SMILES string of the molecule is CCC(O)(CC)C(O)c1ccc(C)c(C)c1. The Morgan fingerprint density at radius 3 is 2.12 bits per heavy atom. The van der Waals surface area contributed by atoms with Crippen LogP contribution < -0.4 is 0 Å². The fourth-order valence-corrected chi connectivity index (χ4v) is 1.88. The molecular weight excluding hydrogens is 200 g/mol. The molecule has 0 aliphatic rings. The number of rotatable bonds is 4. The highest BCUT2D eigenvalue weighted by molar-refractivity contribution is 5.32. The van der Waals surface area contributed by atoms with Crippen LogP contribution in [0.15, 0.2) is 18.2 Å². The van der Waals surface area contributed by atoms with Gasteiger partial charge in [0.05, 0.1) is 5.60 Å². The van der Waals surface area contributed by atoms with Crippen LogP contribution in [0.1, 0.15) is 49.5 Å². The van der Waals surface area contributed by atoms with E-state index in [0.717, 1.165) is 11.1 Å². The van der Waals surface area contributed by atoms with Crippen molar-refractivity contribution in [3.8, 4) is 0 Å². The van der Waals surface area contributed by atoms with Gasteiger partial charge >= 0.3 is 0 Å². The lowest BCUT2D eigenvalue weighted by molar-refractivity contribution is -0.0821. The molecule has 1 aromatic rings. The summed E-state index contributed by atoms with van der Waals surface area (Å²) in [7, 11) is 0. The summed E-state index contributed by atoms with van der Waals surface area (Å²) in [4.78, 5) is 0. The van der Waals surface area contributed by atoms with E-state index in [0.29, 0.717) is 12.8 Å². The number of aryl methyl sites for hydroxylation is 2. The number of aliphatic hydroxyl groups is 2. The van der Waals surface area contributed by atoms with Crippen LogP contribution in [0.5, 0.6) is 0 Å². The Labute approximate surface area is 97.9 Å². The number of aliphatic hydroxyl groups excluding tert-OH is 1. The van der Waals surface area contributed by atoms with Crippen molar-refractivity contribution in [1.82, 2.24) is 0 Å². The zero-order valence-corrected chi connectivity index (χ0v) is 10.6. The predicted molar refractivity (Wildman–Crippen MR) is 66.4 cm³/mol. The average Bonchev–Trinajstić information content (AvgIpc) is 2.30. The summed E-state index contributed by atoms with van der Waals surface area (Å²) in [5.74, 6) is 0. The third-order valence-corrected chi connectivity index (χ3v) is 3.58. The molecular formula is C14H22O2. The van der Waals surface area contributed by atoms with Gasteiger partial charge in [0.15, 0.2) is 0 Å². The smallest absolute Gasteiger partial charge is 0.108 e. The zero-order chi connectivity index (χ0) is 12.3. The first-order valence-corrected chi connectivity index (χ1v) is 5.92. The first kappa shape index (κ1) is 13.2. The second-order valence-electron chi connectivity index (χ2n) is 4.56. The van der Waals surface area contributed by atoms with Gasteiger partial charge in [0.25, 0.3) is 0 Å². The number of hydrogen-bond acceptors (Lipinski definition) is 2. The van der Waals surface area contributed by atoms with Crippen molar-refractivity contribution in [2.24, 2.45) is 0 Å². The van der Waals surface area contributed by atoms with E-state index >= 15 is 0 Å². The molecule has 2 nitrogen and oxygen atoms in total. The Hall–Kier alpha value is -0.860. The Morgan fingerprint density at radius 2 is 1.69 bits per heavy atom. The molecule has 1 aromatic carbocycles. The molecule has 2 N–H and O–H groups in total. The van der Waals surface area contributed by atoms with Crippen molar-refractivity contribution >= 4 is 0 Å². The van der Waals surface area contributed by atoms with E-state index in [1.165, 1.54) is 5.56 Å². The predicted octanol–water partition coefficient (Wildman–Crippen LogP) is 2.89. The fraction of sp³-hybridized carbons (Fsp3) is 0.571. The summed E-state index contributed by atoms with van der Waals surface area (Å²) in [6.45, 7) is 7.85. The maximum Gasteiger partial charge on any atom is 0.108 e. The molecule has 1 unspecified atom stereocenters. The van der Waals surface area contributed by atoms with Crippen molar-refractivity contribution in [3.05, 3.63) is 34.9 Å². The van der Waals surface area contributed by atoms with Gasteiger partial charge in [-0.1, -0.05) is 32.0 Å². The normalized spacial score (nSPS) is 13.9. The first-order valence-electron chi connectivity index (χ1n) is 5.92. The third-order valence-electron chi connectivity index (χ3n) is 3.58. The van der Waals surface area contributed by atoms with Crippen LogP contribution >= 0.6 is 0 Å². The molecule has 90 valence electrons. The van der Waals surface area contributed by atoms with Crippen LogP contribution in [0.4, 0.5) is 0 Å². The highest BCUT2D eigenvalue weighted by Crippen LogP contribution is 2.32. The van der Waals surface area contributed by atoms with E-state index in [9.17, 15) is 10.2 Å². The lowest BCUT2D eigenvalue weighted by atomic mass is 9.85. The van der Waals surface area contributed by atoms with E-state index in [1.54, 1.807) is 0 Å². The van der Waals surface area contributed by atoms with Gasteiger partial charge in [0, 0.05) is 0 Å². The summed E-state index contributed by atoms with van der Waals surface area (Å²) >= 11 is 0. The molecule has 0 aromatic heterocycles. The van der Waals surface area contributed by atoms with Gasteiger partial charge < -0.3 is 10.2 Å². The van der Waals surface area contributed by atoms with E-state index in [-0.39, 0.29) is 0 Å². The second-order valence-corrected chi connectivity index (χ2v) is 4.56. The van der Waals surface area contributed by atoms with Crippen LogP contribution in [-0.4, -0.2) is 15.8 Å². The lowest BCUT2D eigenvalue weighted by Gasteiger charge is -2.31. The fourth-order valence-electron chi connectivity index (χ4n) is 1.88. The van der Waals surface area contributed by atoms with Gasteiger partial charge in [0.2, 0.25) is 0 Å². The highest BCUT2D eigenvalue weighted by Gasteiger charge is 2.32. The molecule has 16 heavy (non-hydrogen) atoms. The van der Waals surface area contributed by atoms with Crippen molar-refractivity contribution in [2.45, 2.75) is 52.2 Å². The Kier molecular flexibility index (Phi) is 4.11. The second kappa shape index (κ2) is 4.98. The van der Waals surface area contributed by atoms with Crippen molar-refractivity contribution in [2.75, 3.05) is 0 Å². The molecule has 1 atom stereocenters. The molecule has 0 aliphatic heterocycles. The third kappa shape index (κ3) is 2.45. The number of benzene rings is 1. The molecule has 0 bridgehead atoms. The topological polar surface area (TPSA) is 40.5 Å². The summed E-state index contributed by atoms with van der Waals surface area (Å²) in [5, 5.41) is 20.5. The lowest BCUT2D eigenvalue weighted by Crippen LogP contribution is -2.34. The first-order chi connectivity index (χ1) is 7.44. The largest absolute Gasteiger partial charge is 0.387 e. The zero-order valence-electron chi connectivity index (χ0n) is 10.6. The monoisotopic (exact) mass is 222 g/mol. The minimum atomic E-state index is -1.01. The molecule has 2 heteroatoms. The van der Waals surface area contributed by atoms with Crippen LogP contribution in [0.25, 0.3) is 0 Å². The van der Waals surface area contributed by atoms with Crippen molar-refractivity contribution < 1.29 is 10.2 Å². The minimum Gasteiger partial charge on any atom is -0.387 e. The molecule has 0 fully saturated rings. The van der Waals surface area contributed by atoms with Crippen LogP contribution in [-0.2, 0) is 0 Å². The molecule has 0 aliphatic carbocycles. The van der Waals surface area contributed by atoms with Crippen LogP contribution in [0.3, 0.4) is 0 Å². The van der Waals surface area contributed by atoms with Gasteiger partial charge in [0.1, 0.15) is 6.10 Å². The minimum absolute atomic E-state index is 0.553. The molecule has 0 radical (unpaired) electrons. The summed E-state index contributed by atoms with van der Waals surface area (Å²) in [6, 6.07) is 5.83. The Balaban J connectivity index is 3.04. The van der Waals surface area contributed by atoms with Crippen LogP contribution in [0, 0.1) is 13.8 Å². The van der Waals surface area contributed by atoms with Crippen molar-refractivity contribution in [1.29, 1.82) is 0 Å². The highest BCUT2D eigenvalue weighted by atomic mass is 16.3. The van der Waals surface area contributed by atoms with E-state index < -0.39 is 11.7 Å². The summed E-state index contributed by atoms with van der Waals surface area (Å²) < 4.78 is 0. The molecule has 0 saturated carbocycles. The van der Waals surface area contributed by atoms with Crippen molar-refractivity contribution in [3.63, 3.8) is 0 Å². The summed E-state index contributed by atoms with van der Waals surface area (Å²) in [6.07, 6.45) is 0.302. The van der Waals surface area contributed by atoms with Crippen LogP contribution in [0.2, 0.25) is 0 Å². The van der Waals surface area contributed by atoms with E-state index in [1.807, 2.05) is 45.9 Å². The molecule has 0 saturated heterocycles. The molecule has 0 spiro atoms. The van der Waals surface area contributed by atoms with E-state index in [2.05, 4.69) is 0 Å². The quantitative estimate of drug-likeness (QED) is 0.822. The maximum absolute atomic E-state index is 10.3. The van der Waals surface area contributed by atoms with E-state index in [4.69, 9.17) is 0 Å². The molecule has 1 rings (SSSR count). The molecule has 0 heterocycles. The van der Waals surface area contributed by atoms with Gasteiger partial charge in [-0.2, -0.15) is 0 Å². The molecule has 0 amide bonds. The average molecular weight is 222 g/mol. The maximum atomic E-state index is 10.3. The summed E-state index contributed by atoms with van der Waals surface area (Å²) in [5.41, 5.74) is 2.13. The van der Waals surface area contributed by atoms with Gasteiger partial charge in [-0.3, -0.25) is 0 Å². The van der Waals surface area contributed by atoms with Gasteiger partial charge in [-0.15, -0.1) is 0 Å². The Morgan fingerprint density at radius 1 is 1.12 bits per heavy atom. The van der Waals surface area contributed by atoms with Gasteiger partial charge in [-0.25, -0.2) is 0 Å². The standard InChI is InChI=1S/C14H22O2/c1-5-14(16,6-2)13(15)12-8-7-10(3)11(4)9-12/h7-9,13,15-16H,5-6H2,1-4H3.